The topological polar surface area (TPSA) is 47.4 Å². The van der Waals surface area contributed by atoms with E-state index in [-0.39, 0.29) is 11.8 Å². The molecule has 5 nitrogen and oxygen atoms in total. The molecule has 3 aromatic rings. The van der Waals surface area contributed by atoms with Crippen LogP contribution in [-0.2, 0) is 11.3 Å². The van der Waals surface area contributed by atoms with Crippen molar-refractivity contribution in [1.29, 1.82) is 0 Å². The maximum absolute atomic E-state index is 12.9. The highest BCUT2D eigenvalue weighted by Crippen LogP contribution is 2.37. The molecule has 0 saturated carbocycles. The van der Waals surface area contributed by atoms with Crippen LogP contribution in [0.15, 0.2) is 48.5 Å². The lowest BCUT2D eigenvalue weighted by Crippen LogP contribution is -2.25. The Labute approximate surface area is 165 Å². The van der Waals surface area contributed by atoms with E-state index in [0.29, 0.717) is 25.5 Å². The Balaban J connectivity index is 1.70. The van der Waals surface area contributed by atoms with Crippen LogP contribution in [-0.4, -0.2) is 28.6 Å². The third-order valence-electron chi connectivity index (χ3n) is 5.18. The molecule has 0 spiro atoms. The number of rotatable bonds is 6. The zero-order valence-corrected chi connectivity index (χ0v) is 16.8. The molecule has 1 aliphatic heterocycles. The summed E-state index contributed by atoms with van der Waals surface area (Å²) in [4.78, 5) is 19.7. The normalized spacial score (nSPS) is 17.1. The van der Waals surface area contributed by atoms with Gasteiger partial charge < -0.3 is 14.2 Å². The number of hydrogen-bond acceptors (Lipinski definition) is 3. The van der Waals surface area contributed by atoms with Gasteiger partial charge in [-0.25, -0.2) is 4.98 Å². The van der Waals surface area contributed by atoms with Gasteiger partial charge in [0.2, 0.25) is 5.91 Å². The van der Waals surface area contributed by atoms with Gasteiger partial charge in [-0.2, -0.15) is 0 Å². The third-order valence-corrected chi connectivity index (χ3v) is 5.18. The van der Waals surface area contributed by atoms with Gasteiger partial charge in [-0.05, 0) is 37.1 Å². The van der Waals surface area contributed by atoms with E-state index in [1.165, 1.54) is 0 Å². The van der Waals surface area contributed by atoms with Crippen LogP contribution in [0.5, 0.6) is 5.75 Å². The fourth-order valence-electron chi connectivity index (χ4n) is 4.03. The molecule has 1 fully saturated rings. The number of anilines is 1. The quantitative estimate of drug-likeness (QED) is 0.630. The maximum atomic E-state index is 12.9. The lowest BCUT2D eigenvalue weighted by atomic mass is 10.1. The highest BCUT2D eigenvalue weighted by molar-refractivity contribution is 5.97. The van der Waals surface area contributed by atoms with E-state index >= 15 is 0 Å². The first kappa shape index (κ1) is 18.5. The molecular weight excluding hydrogens is 350 g/mol. The molecule has 0 radical (unpaired) electrons. The molecule has 2 aromatic carbocycles. The van der Waals surface area contributed by atoms with Crippen LogP contribution < -0.4 is 9.64 Å². The average Bonchev–Trinajstić information content (AvgIpc) is 3.23. The van der Waals surface area contributed by atoms with Crippen molar-refractivity contribution in [3.05, 3.63) is 54.4 Å². The van der Waals surface area contributed by atoms with Crippen molar-refractivity contribution in [2.75, 3.05) is 18.1 Å². The summed E-state index contributed by atoms with van der Waals surface area (Å²) in [7, 11) is 0. The minimum atomic E-state index is 0.0772. The summed E-state index contributed by atoms with van der Waals surface area (Å²) in [5.41, 5.74) is 2.99. The standard InChI is InChI=1S/C23H27N3O2/c1-4-28-21-12-8-7-11-20(21)25-15-17(13-22(25)27)23-24-18-9-5-6-10-19(18)26(23)14-16(2)3/h5-12,16-17H,4,13-15H2,1-3H3. The van der Waals surface area contributed by atoms with Crippen molar-refractivity contribution in [1.82, 2.24) is 9.55 Å². The minimum absolute atomic E-state index is 0.0772. The minimum Gasteiger partial charge on any atom is -0.492 e. The largest absolute Gasteiger partial charge is 0.492 e. The highest BCUT2D eigenvalue weighted by atomic mass is 16.5. The smallest absolute Gasteiger partial charge is 0.227 e. The molecule has 5 heteroatoms. The Hall–Kier alpha value is -2.82. The van der Waals surface area contributed by atoms with Crippen LogP contribution in [0.3, 0.4) is 0 Å². The van der Waals surface area contributed by atoms with Gasteiger partial charge in [0.25, 0.3) is 0 Å². The van der Waals surface area contributed by atoms with Crippen LogP contribution in [0.4, 0.5) is 5.69 Å². The Morgan fingerprint density at radius 2 is 1.89 bits per heavy atom. The summed E-state index contributed by atoms with van der Waals surface area (Å²) < 4.78 is 8.05. The number of carbonyl (C=O) groups excluding carboxylic acids is 1. The molecule has 1 saturated heterocycles. The van der Waals surface area contributed by atoms with Crippen molar-refractivity contribution < 1.29 is 9.53 Å². The van der Waals surface area contributed by atoms with E-state index in [2.05, 4.69) is 36.6 Å². The first-order valence-electron chi connectivity index (χ1n) is 10.1. The fraction of sp³-hybridized carbons (Fsp3) is 0.391. The molecule has 1 aromatic heterocycles. The molecule has 146 valence electrons. The zero-order chi connectivity index (χ0) is 19.7. The van der Waals surface area contributed by atoms with E-state index in [1.54, 1.807) is 0 Å². The number of ether oxygens (including phenoxy) is 1. The Morgan fingerprint density at radius 1 is 1.14 bits per heavy atom. The number of aromatic nitrogens is 2. The molecule has 1 amide bonds. The Morgan fingerprint density at radius 3 is 2.68 bits per heavy atom. The number of imidazole rings is 1. The van der Waals surface area contributed by atoms with Gasteiger partial charge in [-0.3, -0.25) is 4.79 Å². The van der Waals surface area contributed by atoms with Gasteiger partial charge in [0, 0.05) is 25.4 Å². The summed E-state index contributed by atoms with van der Waals surface area (Å²) in [6.07, 6.45) is 0.474. The van der Waals surface area contributed by atoms with Crippen molar-refractivity contribution >= 4 is 22.6 Å². The summed E-state index contributed by atoms with van der Waals surface area (Å²) in [5.74, 6) is 2.48. The molecule has 0 aliphatic carbocycles. The van der Waals surface area contributed by atoms with Crippen LogP contribution >= 0.6 is 0 Å². The molecule has 2 heterocycles. The van der Waals surface area contributed by atoms with E-state index in [9.17, 15) is 4.79 Å². The summed E-state index contributed by atoms with van der Waals surface area (Å²) in [5, 5.41) is 0. The average molecular weight is 377 g/mol. The molecule has 1 unspecified atom stereocenters. The number of carbonyl (C=O) groups is 1. The number of fused-ring (bicyclic) bond motifs is 1. The van der Waals surface area contributed by atoms with Gasteiger partial charge in [-0.15, -0.1) is 0 Å². The van der Waals surface area contributed by atoms with Crippen LogP contribution in [0.1, 0.15) is 38.9 Å². The van der Waals surface area contributed by atoms with Gasteiger partial charge in [0.1, 0.15) is 11.6 Å². The molecule has 1 atom stereocenters. The molecule has 0 bridgehead atoms. The molecule has 0 N–H and O–H groups in total. The third kappa shape index (κ3) is 3.37. The Bertz CT molecular complexity index is 992. The monoisotopic (exact) mass is 377 g/mol. The zero-order valence-electron chi connectivity index (χ0n) is 16.8. The highest BCUT2D eigenvalue weighted by Gasteiger charge is 2.36. The van der Waals surface area contributed by atoms with E-state index < -0.39 is 0 Å². The number of amides is 1. The second kappa shape index (κ2) is 7.66. The summed E-state index contributed by atoms with van der Waals surface area (Å²) in [6, 6.07) is 16.0. The predicted octanol–water partition coefficient (Wildman–Crippen LogP) is 4.61. The van der Waals surface area contributed by atoms with Gasteiger partial charge >= 0.3 is 0 Å². The number of benzene rings is 2. The molecule has 1 aliphatic rings. The second-order valence-corrected chi connectivity index (χ2v) is 7.77. The van der Waals surface area contributed by atoms with Crippen molar-refractivity contribution in [2.24, 2.45) is 5.92 Å². The van der Waals surface area contributed by atoms with Crippen molar-refractivity contribution in [2.45, 2.75) is 39.7 Å². The first-order chi connectivity index (χ1) is 13.6. The fourth-order valence-corrected chi connectivity index (χ4v) is 4.03. The van der Waals surface area contributed by atoms with Crippen molar-refractivity contribution in [3.63, 3.8) is 0 Å². The SMILES string of the molecule is CCOc1ccccc1N1CC(c2nc3ccccc3n2CC(C)C)CC1=O. The van der Waals surface area contributed by atoms with Gasteiger partial charge in [0.15, 0.2) is 0 Å². The lowest BCUT2D eigenvalue weighted by Gasteiger charge is -2.20. The molecule has 4 rings (SSSR count). The van der Waals surface area contributed by atoms with Gasteiger partial charge in [0.05, 0.1) is 23.3 Å². The van der Waals surface area contributed by atoms with Crippen LogP contribution in [0.25, 0.3) is 11.0 Å². The van der Waals surface area contributed by atoms with Crippen molar-refractivity contribution in [3.8, 4) is 5.75 Å². The first-order valence-corrected chi connectivity index (χ1v) is 10.1. The summed E-state index contributed by atoms with van der Waals surface area (Å²) >= 11 is 0. The number of hydrogen-bond donors (Lipinski definition) is 0. The summed E-state index contributed by atoms with van der Waals surface area (Å²) in [6.45, 7) is 8.48. The lowest BCUT2D eigenvalue weighted by molar-refractivity contribution is -0.117. The van der Waals surface area contributed by atoms with Crippen LogP contribution in [0.2, 0.25) is 0 Å². The van der Waals surface area contributed by atoms with Gasteiger partial charge in [-0.1, -0.05) is 38.1 Å². The number of para-hydroxylation sites is 4. The second-order valence-electron chi connectivity index (χ2n) is 7.77. The Kier molecular flexibility index (Phi) is 5.07. The van der Waals surface area contributed by atoms with E-state index in [0.717, 1.165) is 34.8 Å². The van der Waals surface area contributed by atoms with E-state index in [4.69, 9.17) is 9.72 Å². The predicted molar refractivity (Wildman–Crippen MR) is 112 cm³/mol. The van der Waals surface area contributed by atoms with E-state index in [1.807, 2.05) is 42.2 Å². The van der Waals surface area contributed by atoms with Crippen LogP contribution in [0, 0.1) is 5.92 Å². The maximum Gasteiger partial charge on any atom is 0.227 e. The molecular formula is C23H27N3O2. The molecule has 28 heavy (non-hydrogen) atoms. The number of nitrogens with zero attached hydrogens (tertiary/aromatic N) is 3.